The van der Waals surface area contributed by atoms with E-state index in [2.05, 4.69) is 0 Å². The maximum Gasteiger partial charge on any atom is 0.310 e. The summed E-state index contributed by atoms with van der Waals surface area (Å²) in [6.07, 6.45) is -0.361. The van der Waals surface area contributed by atoms with E-state index in [0.717, 1.165) is 13.2 Å². The first-order chi connectivity index (χ1) is 5.54. The van der Waals surface area contributed by atoms with Crippen LogP contribution >= 0.6 is 0 Å². The highest BCUT2D eigenvalue weighted by Crippen LogP contribution is 1.77. The molecule has 0 heterocycles. The van der Waals surface area contributed by atoms with Gasteiger partial charge in [-0.3, -0.25) is 9.59 Å². The Kier molecular flexibility index (Phi) is 11.5. The summed E-state index contributed by atoms with van der Waals surface area (Å²) in [6, 6.07) is 0. The number of Topliss-reactive ketones (excluding diaryl/α,β-unsaturated/α-hetero) is 1. The summed E-state index contributed by atoms with van der Waals surface area (Å²) in [5.41, 5.74) is 0. The zero-order chi connectivity index (χ0) is 9.98. The molecule has 0 spiro atoms. The number of carboxylic acid groups (broad SMARTS) is 1. The number of carbonyl (C=O) groups excluding carboxylic acids is 1. The van der Waals surface area contributed by atoms with Gasteiger partial charge >= 0.3 is 5.97 Å². The molecule has 72 valence electrons. The molecular weight excluding hydrogens is 160 g/mol. The second-order valence-electron chi connectivity index (χ2n) is 2.05. The van der Waals surface area contributed by atoms with Gasteiger partial charge in [0.2, 0.25) is 0 Å². The van der Waals surface area contributed by atoms with Gasteiger partial charge in [0, 0.05) is 13.2 Å². The number of rotatable bonds is 4. The highest BCUT2D eigenvalue weighted by Gasteiger charge is 1.98. The van der Waals surface area contributed by atoms with Gasteiger partial charge in [-0.05, 0) is 20.8 Å². The second-order valence-corrected chi connectivity index (χ2v) is 2.05. The molecule has 0 aromatic carbocycles. The quantitative estimate of drug-likeness (QED) is 0.651. The lowest BCUT2D eigenvalue weighted by atomic mass is 10.3. The molecule has 0 aliphatic rings. The molecule has 0 aliphatic carbocycles. The van der Waals surface area contributed by atoms with E-state index in [0.29, 0.717) is 0 Å². The van der Waals surface area contributed by atoms with E-state index in [1.165, 1.54) is 6.92 Å². The van der Waals surface area contributed by atoms with Crippen molar-refractivity contribution in [3.8, 4) is 0 Å². The van der Waals surface area contributed by atoms with Gasteiger partial charge in [0.05, 0.1) is 0 Å². The smallest absolute Gasteiger partial charge is 0.310 e. The minimum Gasteiger partial charge on any atom is -0.481 e. The topological polar surface area (TPSA) is 63.6 Å². The van der Waals surface area contributed by atoms with Gasteiger partial charge in [0.1, 0.15) is 12.2 Å². The summed E-state index contributed by atoms with van der Waals surface area (Å²) in [7, 11) is 0. The van der Waals surface area contributed by atoms with Crippen molar-refractivity contribution in [2.24, 2.45) is 0 Å². The van der Waals surface area contributed by atoms with Crippen LogP contribution < -0.4 is 0 Å². The highest BCUT2D eigenvalue weighted by atomic mass is 16.5. The van der Waals surface area contributed by atoms with Crippen LogP contribution in [0.25, 0.3) is 0 Å². The number of hydrogen-bond acceptors (Lipinski definition) is 3. The van der Waals surface area contributed by atoms with Gasteiger partial charge in [0.25, 0.3) is 0 Å². The van der Waals surface area contributed by atoms with E-state index in [1.54, 1.807) is 0 Å². The van der Waals surface area contributed by atoms with Crippen LogP contribution in [-0.4, -0.2) is 30.1 Å². The molecular formula is C8H16O4. The van der Waals surface area contributed by atoms with E-state index in [9.17, 15) is 9.59 Å². The fraction of sp³-hybridized carbons (Fsp3) is 0.750. The Bertz CT molecular complexity index is 117. The standard InChI is InChI=1S/C4H6O3.C4H10O/c1-3(5)2-4(6)7;1-3-5-4-2/h2H2,1H3,(H,6,7);3-4H2,1-2H3. The number of carboxylic acids is 1. The Labute approximate surface area is 72.5 Å². The van der Waals surface area contributed by atoms with Crippen LogP contribution in [0.2, 0.25) is 0 Å². The largest absolute Gasteiger partial charge is 0.481 e. The van der Waals surface area contributed by atoms with Crippen molar-refractivity contribution >= 4 is 11.8 Å². The van der Waals surface area contributed by atoms with E-state index in [-0.39, 0.29) is 12.2 Å². The molecule has 12 heavy (non-hydrogen) atoms. The van der Waals surface area contributed by atoms with Crippen molar-refractivity contribution in [1.29, 1.82) is 0 Å². The van der Waals surface area contributed by atoms with Crippen molar-refractivity contribution in [3.63, 3.8) is 0 Å². The average Bonchev–Trinajstić information content (AvgIpc) is 1.87. The monoisotopic (exact) mass is 176 g/mol. The minimum absolute atomic E-state index is 0.312. The van der Waals surface area contributed by atoms with Crippen LogP contribution in [0, 0.1) is 0 Å². The maximum atomic E-state index is 9.87. The molecule has 0 saturated heterocycles. The van der Waals surface area contributed by atoms with Crippen LogP contribution in [-0.2, 0) is 14.3 Å². The van der Waals surface area contributed by atoms with Crippen LogP contribution in [0.15, 0.2) is 0 Å². The Morgan fingerprint density at radius 1 is 1.25 bits per heavy atom. The molecule has 0 bridgehead atoms. The predicted octanol–water partition coefficient (Wildman–Crippen LogP) is 1.09. The minimum atomic E-state index is -1.06. The Morgan fingerprint density at radius 3 is 1.67 bits per heavy atom. The number of ketones is 1. The van der Waals surface area contributed by atoms with Crippen LogP contribution in [0.1, 0.15) is 27.2 Å². The fourth-order valence-electron chi connectivity index (χ4n) is 0.417. The summed E-state index contributed by atoms with van der Waals surface area (Å²) in [4.78, 5) is 19.5. The Hall–Kier alpha value is -0.900. The van der Waals surface area contributed by atoms with Gasteiger partial charge in [-0.15, -0.1) is 0 Å². The third kappa shape index (κ3) is 23.0. The number of carbonyl (C=O) groups is 2. The van der Waals surface area contributed by atoms with Crippen molar-refractivity contribution < 1.29 is 19.4 Å². The van der Waals surface area contributed by atoms with E-state index >= 15 is 0 Å². The van der Waals surface area contributed by atoms with Gasteiger partial charge in [0.15, 0.2) is 0 Å². The maximum absolute atomic E-state index is 9.87. The highest BCUT2D eigenvalue weighted by molar-refractivity contribution is 5.93. The van der Waals surface area contributed by atoms with E-state index in [4.69, 9.17) is 9.84 Å². The van der Waals surface area contributed by atoms with Crippen LogP contribution in [0.3, 0.4) is 0 Å². The number of aliphatic carboxylic acids is 1. The lowest BCUT2D eigenvalue weighted by Gasteiger charge is -1.86. The Balaban J connectivity index is 0. The van der Waals surface area contributed by atoms with E-state index in [1.807, 2.05) is 13.8 Å². The third-order valence-electron chi connectivity index (χ3n) is 0.808. The summed E-state index contributed by atoms with van der Waals surface area (Å²) >= 11 is 0. The average molecular weight is 176 g/mol. The van der Waals surface area contributed by atoms with Crippen molar-refractivity contribution in [2.75, 3.05) is 13.2 Å². The van der Waals surface area contributed by atoms with Gasteiger partial charge < -0.3 is 9.84 Å². The third-order valence-corrected chi connectivity index (χ3v) is 0.808. The number of hydrogen-bond donors (Lipinski definition) is 1. The summed E-state index contributed by atoms with van der Waals surface area (Å²) in [5, 5.41) is 7.86. The predicted molar refractivity (Wildman–Crippen MR) is 45.1 cm³/mol. The van der Waals surface area contributed by atoms with Gasteiger partial charge in [-0.25, -0.2) is 0 Å². The summed E-state index contributed by atoms with van der Waals surface area (Å²) in [5.74, 6) is -1.37. The first kappa shape index (κ1) is 13.7. The first-order valence-corrected chi connectivity index (χ1v) is 3.83. The van der Waals surface area contributed by atoms with Crippen LogP contribution in [0.4, 0.5) is 0 Å². The van der Waals surface area contributed by atoms with Crippen molar-refractivity contribution in [2.45, 2.75) is 27.2 Å². The molecule has 0 saturated carbocycles. The molecule has 0 amide bonds. The Morgan fingerprint density at radius 2 is 1.67 bits per heavy atom. The molecule has 0 radical (unpaired) electrons. The molecule has 0 fully saturated rings. The van der Waals surface area contributed by atoms with Crippen molar-refractivity contribution in [1.82, 2.24) is 0 Å². The molecule has 0 aliphatic heterocycles. The van der Waals surface area contributed by atoms with Crippen molar-refractivity contribution in [3.05, 3.63) is 0 Å². The zero-order valence-corrected chi connectivity index (χ0v) is 7.79. The van der Waals surface area contributed by atoms with Gasteiger partial charge in [-0.1, -0.05) is 0 Å². The molecule has 0 aromatic rings. The zero-order valence-electron chi connectivity index (χ0n) is 7.79. The fourth-order valence-corrected chi connectivity index (χ4v) is 0.417. The molecule has 0 rings (SSSR count). The molecule has 0 unspecified atom stereocenters. The molecule has 0 atom stereocenters. The molecule has 1 N–H and O–H groups in total. The molecule has 0 aromatic heterocycles. The SMILES string of the molecule is CC(=O)CC(=O)O.CCOCC. The van der Waals surface area contributed by atoms with Gasteiger partial charge in [-0.2, -0.15) is 0 Å². The van der Waals surface area contributed by atoms with Crippen LogP contribution in [0.5, 0.6) is 0 Å². The first-order valence-electron chi connectivity index (χ1n) is 3.83. The normalized spacial score (nSPS) is 8.25. The number of ether oxygens (including phenoxy) is 1. The van der Waals surface area contributed by atoms with E-state index < -0.39 is 5.97 Å². The second kappa shape index (κ2) is 10.1. The summed E-state index contributed by atoms with van der Waals surface area (Å²) < 4.78 is 4.83. The lowest BCUT2D eigenvalue weighted by molar-refractivity contribution is -0.139. The molecule has 4 heteroatoms. The summed E-state index contributed by atoms with van der Waals surface area (Å²) in [6.45, 7) is 6.91. The lowest BCUT2D eigenvalue weighted by Crippen LogP contribution is -2.00. The molecule has 4 nitrogen and oxygen atoms in total.